The van der Waals surface area contributed by atoms with Gasteiger partial charge in [0.15, 0.2) is 5.13 Å². The van der Waals surface area contributed by atoms with Gasteiger partial charge in [0, 0.05) is 42.5 Å². The van der Waals surface area contributed by atoms with Crippen LogP contribution in [-0.4, -0.2) is 43.9 Å². The number of piperazine rings is 1. The van der Waals surface area contributed by atoms with Crippen LogP contribution in [0.25, 0.3) is 0 Å². The summed E-state index contributed by atoms with van der Waals surface area (Å²) >= 11 is 4.98. The second kappa shape index (κ2) is 8.78. The van der Waals surface area contributed by atoms with Gasteiger partial charge < -0.3 is 4.90 Å². The van der Waals surface area contributed by atoms with Gasteiger partial charge in [0.2, 0.25) is 10.0 Å². The van der Waals surface area contributed by atoms with Crippen LogP contribution in [0.4, 0.5) is 5.13 Å². The number of thiazole rings is 1. The van der Waals surface area contributed by atoms with Gasteiger partial charge in [-0.15, -0.1) is 11.3 Å². The molecule has 0 spiro atoms. The highest BCUT2D eigenvalue weighted by atomic mass is 79.9. The molecule has 3 aromatic rings. The van der Waals surface area contributed by atoms with E-state index in [1.165, 1.54) is 16.7 Å². The molecule has 0 unspecified atom stereocenters. The van der Waals surface area contributed by atoms with Gasteiger partial charge in [-0.25, -0.2) is 13.4 Å². The van der Waals surface area contributed by atoms with E-state index < -0.39 is 10.0 Å². The molecule has 5 nitrogen and oxygen atoms in total. The molecule has 0 bridgehead atoms. The number of aryl methyl sites for hydroxylation is 2. The van der Waals surface area contributed by atoms with E-state index >= 15 is 0 Å². The first-order chi connectivity index (χ1) is 14.3. The normalized spacial score (nSPS) is 15.5. The molecule has 1 aliphatic heterocycles. The molecule has 4 rings (SSSR count). The predicted molar refractivity (Wildman–Crippen MR) is 126 cm³/mol. The quantitative estimate of drug-likeness (QED) is 0.507. The Balaban J connectivity index is 1.41. The average Bonchev–Trinajstić information content (AvgIpc) is 3.20. The summed E-state index contributed by atoms with van der Waals surface area (Å²) in [6, 6.07) is 13.3. The largest absolute Gasteiger partial charge is 0.345 e. The Morgan fingerprint density at radius 2 is 1.73 bits per heavy atom. The number of hydrogen-bond acceptors (Lipinski definition) is 5. The van der Waals surface area contributed by atoms with E-state index in [1.54, 1.807) is 39.9 Å². The van der Waals surface area contributed by atoms with Crippen LogP contribution < -0.4 is 4.90 Å². The third kappa shape index (κ3) is 4.61. The maximum Gasteiger partial charge on any atom is 0.243 e. The van der Waals surface area contributed by atoms with Gasteiger partial charge in [0.25, 0.3) is 0 Å². The zero-order valence-electron chi connectivity index (χ0n) is 17.0. The molecule has 1 aliphatic rings. The van der Waals surface area contributed by atoms with Crippen molar-refractivity contribution in [2.75, 3.05) is 31.1 Å². The number of nitrogens with zero attached hydrogens (tertiary/aromatic N) is 3. The molecule has 0 radical (unpaired) electrons. The molecule has 1 fully saturated rings. The van der Waals surface area contributed by atoms with Crippen molar-refractivity contribution in [1.82, 2.24) is 9.29 Å². The standard InChI is InChI=1S/C22H24BrN3O2S2/c1-16-3-4-17(2)18(13-16)14-20-15-29-22(24-20)25-9-11-26(12-10-25)30(27,28)21-7-5-19(23)6-8-21/h3-8,13,15H,9-12,14H2,1-2H3. The Labute approximate surface area is 190 Å². The number of sulfonamides is 1. The topological polar surface area (TPSA) is 53.5 Å². The van der Waals surface area contributed by atoms with Gasteiger partial charge >= 0.3 is 0 Å². The molecular weight excluding hydrogens is 482 g/mol. The molecule has 1 aromatic heterocycles. The first-order valence-electron chi connectivity index (χ1n) is 9.84. The van der Waals surface area contributed by atoms with E-state index in [0.717, 1.165) is 21.7 Å². The fourth-order valence-electron chi connectivity index (χ4n) is 3.58. The van der Waals surface area contributed by atoms with Gasteiger partial charge in [-0.1, -0.05) is 39.7 Å². The van der Waals surface area contributed by atoms with Crippen molar-refractivity contribution >= 4 is 42.4 Å². The van der Waals surface area contributed by atoms with Crippen molar-refractivity contribution in [2.45, 2.75) is 25.2 Å². The summed E-state index contributed by atoms with van der Waals surface area (Å²) in [6.45, 7) is 6.46. The van der Waals surface area contributed by atoms with E-state index in [2.05, 4.69) is 58.3 Å². The smallest absolute Gasteiger partial charge is 0.243 e. The summed E-state index contributed by atoms with van der Waals surface area (Å²) in [4.78, 5) is 7.35. The molecule has 30 heavy (non-hydrogen) atoms. The van der Waals surface area contributed by atoms with Crippen molar-refractivity contribution in [3.63, 3.8) is 0 Å². The van der Waals surface area contributed by atoms with Gasteiger partial charge in [0.1, 0.15) is 0 Å². The lowest BCUT2D eigenvalue weighted by Crippen LogP contribution is -2.48. The lowest BCUT2D eigenvalue weighted by molar-refractivity contribution is 0.384. The zero-order chi connectivity index (χ0) is 21.3. The van der Waals surface area contributed by atoms with Crippen LogP contribution in [0.5, 0.6) is 0 Å². The molecule has 1 saturated heterocycles. The number of anilines is 1. The van der Waals surface area contributed by atoms with Gasteiger partial charge in [-0.05, 0) is 49.2 Å². The van der Waals surface area contributed by atoms with Gasteiger partial charge in [-0.3, -0.25) is 0 Å². The van der Waals surface area contributed by atoms with Crippen LogP contribution in [-0.2, 0) is 16.4 Å². The maximum atomic E-state index is 12.9. The number of hydrogen-bond donors (Lipinski definition) is 0. The molecule has 8 heteroatoms. The van der Waals surface area contributed by atoms with Crippen LogP contribution in [0, 0.1) is 13.8 Å². The Kier molecular flexibility index (Phi) is 6.29. The Morgan fingerprint density at radius 3 is 2.43 bits per heavy atom. The van der Waals surface area contributed by atoms with E-state index in [4.69, 9.17) is 4.98 Å². The number of aromatic nitrogens is 1. The molecule has 0 N–H and O–H groups in total. The minimum Gasteiger partial charge on any atom is -0.345 e. The average molecular weight is 506 g/mol. The highest BCUT2D eigenvalue weighted by molar-refractivity contribution is 9.10. The summed E-state index contributed by atoms with van der Waals surface area (Å²) in [6.07, 6.45) is 0.821. The molecule has 2 heterocycles. The van der Waals surface area contributed by atoms with Crippen molar-refractivity contribution in [3.05, 3.63) is 74.7 Å². The van der Waals surface area contributed by atoms with E-state index in [1.807, 2.05) is 0 Å². The number of rotatable bonds is 5. The lowest BCUT2D eigenvalue weighted by atomic mass is 10.0. The van der Waals surface area contributed by atoms with Crippen LogP contribution in [0.2, 0.25) is 0 Å². The van der Waals surface area contributed by atoms with E-state index in [-0.39, 0.29) is 0 Å². The first kappa shape index (κ1) is 21.5. The Bertz CT molecular complexity index is 1140. The molecule has 0 amide bonds. The van der Waals surface area contributed by atoms with Crippen molar-refractivity contribution in [3.8, 4) is 0 Å². The summed E-state index contributed by atoms with van der Waals surface area (Å²) < 4.78 is 28.2. The molecular formula is C22H24BrN3O2S2. The SMILES string of the molecule is Cc1ccc(C)c(Cc2csc(N3CCN(S(=O)(=O)c4ccc(Br)cc4)CC3)n2)c1. The molecule has 2 aromatic carbocycles. The fourth-order valence-corrected chi connectivity index (χ4v) is 6.15. The molecule has 158 valence electrons. The second-order valence-corrected chi connectivity index (χ2v) is 11.3. The van der Waals surface area contributed by atoms with Crippen LogP contribution in [0.15, 0.2) is 57.2 Å². The highest BCUT2D eigenvalue weighted by Gasteiger charge is 2.29. The van der Waals surface area contributed by atoms with E-state index in [0.29, 0.717) is 31.1 Å². The third-order valence-electron chi connectivity index (χ3n) is 5.38. The summed E-state index contributed by atoms with van der Waals surface area (Å²) in [5, 5.41) is 3.08. The zero-order valence-corrected chi connectivity index (χ0v) is 20.2. The number of benzene rings is 2. The van der Waals surface area contributed by atoms with E-state index in [9.17, 15) is 8.42 Å². The lowest BCUT2D eigenvalue weighted by Gasteiger charge is -2.33. The fraction of sp³-hybridized carbons (Fsp3) is 0.318. The van der Waals surface area contributed by atoms with Crippen LogP contribution >= 0.6 is 27.3 Å². The Morgan fingerprint density at radius 1 is 1.03 bits per heavy atom. The molecule has 0 aliphatic carbocycles. The maximum absolute atomic E-state index is 12.9. The number of halogens is 1. The minimum atomic E-state index is -3.46. The van der Waals surface area contributed by atoms with Crippen molar-refractivity contribution in [1.29, 1.82) is 0 Å². The first-order valence-corrected chi connectivity index (χ1v) is 13.0. The van der Waals surface area contributed by atoms with Gasteiger partial charge in [0.05, 0.1) is 10.6 Å². The van der Waals surface area contributed by atoms with Gasteiger partial charge in [-0.2, -0.15) is 4.31 Å². The van der Waals surface area contributed by atoms with Crippen LogP contribution in [0.3, 0.4) is 0 Å². The second-order valence-electron chi connectivity index (χ2n) is 7.57. The van der Waals surface area contributed by atoms with Crippen LogP contribution in [0.1, 0.15) is 22.4 Å². The monoisotopic (exact) mass is 505 g/mol. The third-order valence-corrected chi connectivity index (χ3v) is 8.77. The predicted octanol–water partition coefficient (Wildman–Crippen LogP) is 4.62. The highest BCUT2D eigenvalue weighted by Crippen LogP contribution is 2.26. The summed E-state index contributed by atoms with van der Waals surface area (Å²) in [7, 11) is -3.46. The van der Waals surface area contributed by atoms with Crippen molar-refractivity contribution < 1.29 is 8.42 Å². The molecule has 0 atom stereocenters. The minimum absolute atomic E-state index is 0.337. The summed E-state index contributed by atoms with van der Waals surface area (Å²) in [5.74, 6) is 0. The van der Waals surface area contributed by atoms with Crippen molar-refractivity contribution in [2.24, 2.45) is 0 Å². The summed E-state index contributed by atoms with van der Waals surface area (Å²) in [5.41, 5.74) is 4.90. The molecule has 0 saturated carbocycles. The Hall–Kier alpha value is -1.74.